The smallest absolute Gasteiger partial charge is 0.179 e. The van der Waals surface area contributed by atoms with Crippen LogP contribution in [0.5, 0.6) is 0 Å². The highest BCUT2D eigenvalue weighted by atomic mass is 28.3. The predicted molar refractivity (Wildman–Crippen MR) is 309 cm³/mol. The van der Waals surface area contributed by atoms with Crippen molar-refractivity contribution in [1.29, 1.82) is 0 Å². The average molecular weight is 947 g/mol. The van der Waals surface area contributed by atoms with Crippen molar-refractivity contribution in [3.63, 3.8) is 0 Å². The first-order valence-electron chi connectivity index (χ1n) is 25.0. The van der Waals surface area contributed by atoms with Gasteiger partial charge in [0.15, 0.2) is 13.9 Å². The molecule has 0 aliphatic carbocycles. The largest absolute Gasteiger partial charge is 0.228 e. The lowest BCUT2D eigenvalue weighted by Gasteiger charge is -2.34. The Morgan fingerprint density at radius 3 is 1.01 bits per heavy atom. The SMILES string of the molecule is c1ccc(-c2cc(-c3ccc(-c4ccc(-c5cc(-c6ccccc6)nc(-c6ccccc6)n5)cc4)cc3)c(-c3ccccc3)c(-c3cccc([Si](c4ccccc4)(c4ccccc4)c4ccccc4)c3)c2)cc1. The molecular weight excluding hydrogens is 897 g/mol. The first-order chi connectivity index (χ1) is 36.2. The van der Waals surface area contributed by atoms with Crippen molar-refractivity contribution in [2.75, 3.05) is 0 Å². The quantitative estimate of drug-likeness (QED) is 0.0901. The molecular formula is C70H50N2Si. The maximum atomic E-state index is 5.09. The third kappa shape index (κ3) is 8.95. The summed E-state index contributed by atoms with van der Waals surface area (Å²) in [5.74, 6) is 0.709. The van der Waals surface area contributed by atoms with E-state index in [1.807, 2.05) is 24.3 Å². The van der Waals surface area contributed by atoms with Gasteiger partial charge in [0.25, 0.3) is 0 Å². The Balaban J connectivity index is 0.984. The Morgan fingerprint density at radius 1 is 0.205 bits per heavy atom. The van der Waals surface area contributed by atoms with Crippen molar-refractivity contribution in [2.45, 2.75) is 0 Å². The van der Waals surface area contributed by atoms with Gasteiger partial charge in [-0.15, -0.1) is 0 Å². The summed E-state index contributed by atoms with van der Waals surface area (Å²) in [5, 5.41) is 5.39. The van der Waals surface area contributed by atoms with E-state index >= 15 is 0 Å². The van der Waals surface area contributed by atoms with Gasteiger partial charge in [-0.3, -0.25) is 0 Å². The van der Waals surface area contributed by atoms with Crippen molar-refractivity contribution >= 4 is 28.8 Å². The van der Waals surface area contributed by atoms with E-state index in [0.717, 1.165) is 44.8 Å². The summed E-state index contributed by atoms with van der Waals surface area (Å²) in [6, 6.07) is 110. The Bertz CT molecular complexity index is 3620. The molecule has 0 N–H and O–H groups in total. The van der Waals surface area contributed by atoms with Gasteiger partial charge in [0.05, 0.1) is 11.4 Å². The second-order valence-electron chi connectivity index (χ2n) is 18.5. The minimum Gasteiger partial charge on any atom is -0.228 e. The van der Waals surface area contributed by atoms with Gasteiger partial charge in [-0.05, 0) is 94.6 Å². The van der Waals surface area contributed by atoms with Crippen molar-refractivity contribution in [3.05, 3.63) is 303 Å². The van der Waals surface area contributed by atoms with Crippen LogP contribution in [0.3, 0.4) is 0 Å². The predicted octanol–water partition coefficient (Wildman–Crippen LogP) is 15.2. The topological polar surface area (TPSA) is 25.8 Å². The molecule has 1 heterocycles. The van der Waals surface area contributed by atoms with E-state index < -0.39 is 8.07 Å². The molecule has 0 spiro atoms. The maximum absolute atomic E-state index is 5.09. The molecule has 2 nitrogen and oxygen atoms in total. The molecule has 3 heteroatoms. The van der Waals surface area contributed by atoms with Crippen molar-refractivity contribution in [2.24, 2.45) is 0 Å². The summed E-state index contributed by atoms with van der Waals surface area (Å²) < 4.78 is 0. The summed E-state index contributed by atoms with van der Waals surface area (Å²) in [5.41, 5.74) is 16.6. The molecule has 0 radical (unpaired) electrons. The Hall–Kier alpha value is -9.28. The average Bonchev–Trinajstić information content (AvgIpc) is 3.49. The van der Waals surface area contributed by atoms with Gasteiger partial charge in [-0.25, -0.2) is 9.97 Å². The molecule has 0 unspecified atom stereocenters. The summed E-state index contributed by atoms with van der Waals surface area (Å²) >= 11 is 0. The van der Waals surface area contributed by atoms with Crippen LogP contribution < -0.4 is 20.7 Å². The zero-order valence-electron chi connectivity index (χ0n) is 40.3. The van der Waals surface area contributed by atoms with Crippen LogP contribution in [-0.2, 0) is 0 Å². The lowest BCUT2D eigenvalue weighted by atomic mass is 9.84. The normalized spacial score (nSPS) is 11.3. The van der Waals surface area contributed by atoms with Crippen molar-refractivity contribution < 1.29 is 0 Å². The molecule has 0 aliphatic rings. The van der Waals surface area contributed by atoms with Crippen LogP contribution in [0.15, 0.2) is 303 Å². The number of rotatable bonds is 12. The van der Waals surface area contributed by atoms with Gasteiger partial charge in [-0.1, -0.05) is 285 Å². The number of hydrogen-bond acceptors (Lipinski definition) is 2. The van der Waals surface area contributed by atoms with Gasteiger partial charge >= 0.3 is 0 Å². The summed E-state index contributed by atoms with van der Waals surface area (Å²) in [6.45, 7) is 0. The first-order valence-corrected chi connectivity index (χ1v) is 27.0. The highest BCUT2D eigenvalue weighted by Gasteiger charge is 2.41. The van der Waals surface area contributed by atoms with Crippen molar-refractivity contribution in [3.8, 4) is 89.5 Å². The van der Waals surface area contributed by atoms with Crippen LogP contribution >= 0.6 is 0 Å². The standard InChI is InChI=1S/C70H50N2Si/c1-8-23-51(24-9-1)60-48-65(54-43-39-52(40-44-54)53-41-45-56(46-42-53)68-50-67(55-25-10-2-11-26-55)71-70(72-68)58-29-14-4-15-30-58)69(57-27-12-3-13-28-57)66(49-60)59-31-22-38-64(47-59)73(61-32-16-5-17-33-61,62-34-18-6-19-35-62)63-36-20-7-21-37-63/h1-50H. The Kier molecular flexibility index (Phi) is 12.4. The highest BCUT2D eigenvalue weighted by molar-refractivity contribution is 7.19. The first kappa shape index (κ1) is 44.9. The highest BCUT2D eigenvalue weighted by Crippen LogP contribution is 2.44. The van der Waals surface area contributed by atoms with Crippen LogP contribution in [0.4, 0.5) is 0 Å². The van der Waals surface area contributed by atoms with E-state index in [1.165, 1.54) is 59.7 Å². The molecule has 0 saturated heterocycles. The Labute approximate surface area is 429 Å². The fourth-order valence-corrected chi connectivity index (χ4v) is 15.3. The van der Waals surface area contributed by atoms with E-state index in [9.17, 15) is 0 Å². The van der Waals surface area contributed by atoms with Gasteiger partial charge in [-0.2, -0.15) is 0 Å². The van der Waals surface area contributed by atoms with E-state index in [1.54, 1.807) is 0 Å². The fraction of sp³-hybridized carbons (Fsp3) is 0. The summed E-state index contributed by atoms with van der Waals surface area (Å²) in [6.07, 6.45) is 0. The fourth-order valence-electron chi connectivity index (χ4n) is 10.5. The summed E-state index contributed by atoms with van der Waals surface area (Å²) in [4.78, 5) is 10.1. The zero-order chi connectivity index (χ0) is 48.8. The molecule has 73 heavy (non-hydrogen) atoms. The molecule has 12 aromatic rings. The molecule has 344 valence electrons. The minimum atomic E-state index is -2.82. The Morgan fingerprint density at radius 2 is 0.534 bits per heavy atom. The second-order valence-corrected chi connectivity index (χ2v) is 22.3. The van der Waals surface area contributed by atoms with Gasteiger partial charge in [0, 0.05) is 16.7 Å². The molecule has 0 amide bonds. The molecule has 12 rings (SSSR count). The third-order valence-electron chi connectivity index (χ3n) is 14.1. The van der Waals surface area contributed by atoms with Crippen LogP contribution in [0.25, 0.3) is 89.5 Å². The third-order valence-corrected chi connectivity index (χ3v) is 18.8. The van der Waals surface area contributed by atoms with E-state index in [2.05, 4.69) is 279 Å². The van der Waals surface area contributed by atoms with Gasteiger partial charge < -0.3 is 0 Å². The van der Waals surface area contributed by atoms with Crippen molar-refractivity contribution in [1.82, 2.24) is 9.97 Å². The molecule has 0 fully saturated rings. The van der Waals surface area contributed by atoms with Crippen LogP contribution in [-0.4, -0.2) is 18.0 Å². The van der Waals surface area contributed by atoms with Gasteiger partial charge in [0.2, 0.25) is 0 Å². The molecule has 0 aliphatic heterocycles. The maximum Gasteiger partial charge on any atom is 0.179 e. The molecule has 11 aromatic carbocycles. The molecule has 1 aromatic heterocycles. The molecule has 0 bridgehead atoms. The number of aromatic nitrogens is 2. The second kappa shape index (κ2) is 20.2. The molecule has 0 saturated carbocycles. The lowest BCUT2D eigenvalue weighted by molar-refractivity contribution is 1.18. The number of nitrogens with zero attached hydrogens (tertiary/aromatic N) is 2. The lowest BCUT2D eigenvalue weighted by Crippen LogP contribution is -2.74. The minimum absolute atomic E-state index is 0.709. The van der Waals surface area contributed by atoms with Crippen LogP contribution in [0.1, 0.15) is 0 Å². The number of hydrogen-bond donors (Lipinski definition) is 0. The van der Waals surface area contributed by atoms with Crippen LogP contribution in [0, 0.1) is 0 Å². The number of benzene rings is 11. The summed E-state index contributed by atoms with van der Waals surface area (Å²) in [7, 11) is -2.82. The van der Waals surface area contributed by atoms with E-state index in [-0.39, 0.29) is 0 Å². The van der Waals surface area contributed by atoms with Crippen LogP contribution in [0.2, 0.25) is 0 Å². The van der Waals surface area contributed by atoms with Gasteiger partial charge in [0.1, 0.15) is 0 Å². The van der Waals surface area contributed by atoms with E-state index in [4.69, 9.17) is 9.97 Å². The zero-order valence-corrected chi connectivity index (χ0v) is 41.3. The monoisotopic (exact) mass is 946 g/mol. The molecule has 0 atom stereocenters. The van der Waals surface area contributed by atoms with E-state index in [0.29, 0.717) is 5.82 Å².